The summed E-state index contributed by atoms with van der Waals surface area (Å²) in [7, 11) is 0. The van der Waals surface area contributed by atoms with Crippen molar-refractivity contribution in [1.29, 1.82) is 0 Å². The van der Waals surface area contributed by atoms with Crippen molar-refractivity contribution in [3.05, 3.63) is 35.9 Å². The Morgan fingerprint density at radius 2 is 1.94 bits per heavy atom. The maximum atomic E-state index is 11.8. The zero-order valence-electron chi connectivity index (χ0n) is 10.4. The van der Waals surface area contributed by atoms with Gasteiger partial charge in [0.15, 0.2) is 0 Å². The largest absolute Gasteiger partial charge is 0.854 e. The number of nitrogens with zero attached hydrogens (tertiary/aromatic N) is 1. The molecule has 0 saturated carbocycles. The molecule has 0 radical (unpaired) electrons. The molecule has 1 fully saturated rings. The van der Waals surface area contributed by atoms with Gasteiger partial charge in [-0.05, 0) is 18.4 Å². The molecule has 18 heavy (non-hydrogen) atoms. The molecule has 1 aliphatic rings. The summed E-state index contributed by atoms with van der Waals surface area (Å²) < 4.78 is 5.25. The van der Waals surface area contributed by atoms with Gasteiger partial charge in [-0.1, -0.05) is 36.2 Å². The normalized spacial score (nSPS) is 16.6. The molecule has 0 aromatic heterocycles. The van der Waals surface area contributed by atoms with Crippen molar-refractivity contribution < 1.29 is 14.6 Å². The van der Waals surface area contributed by atoms with Crippen LogP contribution in [-0.2, 0) is 11.3 Å². The number of ether oxygens (including phenoxy) is 1. The molecule has 2 rings (SSSR count). The molecule has 0 aliphatic carbocycles. The van der Waals surface area contributed by atoms with Crippen LogP contribution in [0.25, 0.3) is 0 Å². The number of hydrogen-bond donors (Lipinski definition) is 0. The van der Waals surface area contributed by atoms with Crippen molar-refractivity contribution in [2.24, 2.45) is 5.92 Å². The van der Waals surface area contributed by atoms with Gasteiger partial charge in [0, 0.05) is 13.1 Å². The molecule has 1 saturated heterocycles. The minimum Gasteiger partial charge on any atom is -0.854 e. The van der Waals surface area contributed by atoms with E-state index >= 15 is 0 Å². The predicted molar refractivity (Wildman–Crippen MR) is 65.8 cm³/mol. The van der Waals surface area contributed by atoms with Crippen molar-refractivity contribution in [2.45, 2.75) is 19.4 Å². The van der Waals surface area contributed by atoms with E-state index in [-0.39, 0.29) is 18.6 Å². The molecular formula is C14H18NO3-. The summed E-state index contributed by atoms with van der Waals surface area (Å²) in [6, 6.07) is 9.62. The molecule has 1 aromatic carbocycles. The van der Waals surface area contributed by atoms with E-state index in [1.54, 1.807) is 4.90 Å². The van der Waals surface area contributed by atoms with Crippen LogP contribution in [0.4, 0.5) is 4.79 Å². The molecule has 0 bridgehead atoms. The summed E-state index contributed by atoms with van der Waals surface area (Å²) in [5, 5.41) is 10.7. The first-order chi connectivity index (χ1) is 8.79. The Labute approximate surface area is 107 Å². The van der Waals surface area contributed by atoms with Crippen molar-refractivity contribution in [3.8, 4) is 0 Å². The third-order valence-electron chi connectivity index (χ3n) is 3.31. The van der Waals surface area contributed by atoms with Crippen molar-refractivity contribution in [1.82, 2.24) is 4.90 Å². The van der Waals surface area contributed by atoms with E-state index in [0.717, 1.165) is 18.4 Å². The fourth-order valence-electron chi connectivity index (χ4n) is 2.09. The molecule has 1 heterocycles. The molecule has 1 amide bonds. The van der Waals surface area contributed by atoms with Crippen LogP contribution in [0.3, 0.4) is 0 Å². The number of likely N-dealkylation sites (tertiary alicyclic amines) is 1. The van der Waals surface area contributed by atoms with E-state index in [2.05, 4.69) is 0 Å². The highest BCUT2D eigenvalue weighted by Crippen LogP contribution is 2.16. The topological polar surface area (TPSA) is 52.6 Å². The van der Waals surface area contributed by atoms with E-state index in [0.29, 0.717) is 19.7 Å². The minimum atomic E-state index is -0.275. The predicted octanol–water partition coefficient (Wildman–Crippen LogP) is 1.40. The average molecular weight is 248 g/mol. The number of benzene rings is 1. The zero-order chi connectivity index (χ0) is 12.8. The van der Waals surface area contributed by atoms with E-state index < -0.39 is 0 Å². The molecule has 0 spiro atoms. The van der Waals surface area contributed by atoms with Gasteiger partial charge in [-0.15, -0.1) is 6.61 Å². The first-order valence-corrected chi connectivity index (χ1v) is 6.33. The van der Waals surface area contributed by atoms with Gasteiger partial charge in [0.05, 0.1) is 0 Å². The van der Waals surface area contributed by atoms with Crippen molar-refractivity contribution in [2.75, 3.05) is 19.7 Å². The molecular weight excluding hydrogens is 230 g/mol. The molecule has 0 unspecified atom stereocenters. The van der Waals surface area contributed by atoms with Crippen molar-refractivity contribution >= 4 is 6.09 Å². The quantitative estimate of drug-likeness (QED) is 0.812. The number of rotatable bonds is 3. The lowest BCUT2D eigenvalue weighted by Crippen LogP contribution is -2.40. The van der Waals surface area contributed by atoms with Crippen LogP contribution in [-0.4, -0.2) is 30.7 Å². The van der Waals surface area contributed by atoms with Gasteiger partial charge in [0.2, 0.25) is 0 Å². The fourth-order valence-corrected chi connectivity index (χ4v) is 2.09. The lowest BCUT2D eigenvalue weighted by atomic mass is 9.98. The standard InChI is InChI=1S/C14H18NO3/c16-10-12-6-8-15(9-7-12)14(17)18-11-13-4-2-1-3-5-13/h1-5,12H,6-11H2/q-1. The maximum Gasteiger partial charge on any atom is 0.410 e. The van der Waals surface area contributed by atoms with Crippen LogP contribution in [0.15, 0.2) is 30.3 Å². The molecule has 98 valence electrons. The Morgan fingerprint density at radius 1 is 1.28 bits per heavy atom. The number of amides is 1. The van der Waals surface area contributed by atoms with Gasteiger partial charge in [-0.3, -0.25) is 0 Å². The van der Waals surface area contributed by atoms with Gasteiger partial charge < -0.3 is 14.7 Å². The summed E-state index contributed by atoms with van der Waals surface area (Å²) in [5.74, 6) is 0.225. The third kappa shape index (κ3) is 3.47. The Hall–Kier alpha value is -1.55. The summed E-state index contributed by atoms with van der Waals surface area (Å²) in [4.78, 5) is 13.5. The summed E-state index contributed by atoms with van der Waals surface area (Å²) in [5.41, 5.74) is 0.986. The Balaban J connectivity index is 1.75. The van der Waals surface area contributed by atoms with E-state index in [1.807, 2.05) is 30.3 Å². The van der Waals surface area contributed by atoms with Crippen LogP contribution in [0.5, 0.6) is 0 Å². The van der Waals surface area contributed by atoms with Crippen molar-refractivity contribution in [3.63, 3.8) is 0 Å². The van der Waals surface area contributed by atoms with Gasteiger partial charge in [-0.25, -0.2) is 4.79 Å². The average Bonchev–Trinajstić information content (AvgIpc) is 2.46. The maximum absolute atomic E-state index is 11.8. The van der Waals surface area contributed by atoms with E-state index in [1.165, 1.54) is 0 Å². The lowest BCUT2D eigenvalue weighted by Gasteiger charge is -2.32. The Kier molecular flexibility index (Phi) is 4.59. The minimum absolute atomic E-state index is 0.0348. The molecule has 4 heteroatoms. The van der Waals surface area contributed by atoms with E-state index in [9.17, 15) is 9.90 Å². The van der Waals surface area contributed by atoms with E-state index in [4.69, 9.17) is 4.74 Å². The summed E-state index contributed by atoms with van der Waals surface area (Å²) >= 11 is 0. The second-order valence-corrected chi connectivity index (χ2v) is 4.64. The molecule has 1 aliphatic heterocycles. The first-order valence-electron chi connectivity index (χ1n) is 6.33. The van der Waals surface area contributed by atoms with Crippen LogP contribution >= 0.6 is 0 Å². The van der Waals surface area contributed by atoms with Gasteiger partial charge >= 0.3 is 6.09 Å². The SMILES string of the molecule is O=C(OCc1ccccc1)N1CCC(C[O-])CC1. The zero-order valence-corrected chi connectivity index (χ0v) is 10.4. The molecule has 1 aromatic rings. The van der Waals surface area contributed by atoms with Gasteiger partial charge in [0.1, 0.15) is 6.61 Å². The second kappa shape index (κ2) is 6.40. The number of carbonyl (C=O) groups excluding carboxylic acids is 1. The molecule has 4 nitrogen and oxygen atoms in total. The van der Waals surface area contributed by atoms with Crippen LogP contribution in [0.2, 0.25) is 0 Å². The van der Waals surface area contributed by atoms with Crippen LogP contribution in [0.1, 0.15) is 18.4 Å². The fraction of sp³-hybridized carbons (Fsp3) is 0.500. The lowest BCUT2D eigenvalue weighted by molar-refractivity contribution is -0.380. The second-order valence-electron chi connectivity index (χ2n) is 4.64. The summed E-state index contributed by atoms with van der Waals surface area (Å²) in [6.45, 7) is 1.55. The Bertz CT molecular complexity index is 372. The molecule has 0 atom stereocenters. The smallest absolute Gasteiger partial charge is 0.410 e. The number of hydrogen-bond acceptors (Lipinski definition) is 3. The monoisotopic (exact) mass is 248 g/mol. The summed E-state index contributed by atoms with van der Waals surface area (Å²) in [6.07, 6.45) is 1.32. The van der Waals surface area contributed by atoms with Gasteiger partial charge in [0.25, 0.3) is 0 Å². The highest BCUT2D eigenvalue weighted by molar-refractivity contribution is 5.67. The van der Waals surface area contributed by atoms with Crippen LogP contribution < -0.4 is 5.11 Å². The third-order valence-corrected chi connectivity index (χ3v) is 3.31. The van der Waals surface area contributed by atoms with Crippen LogP contribution in [0, 0.1) is 5.92 Å². The first kappa shape index (κ1) is 12.9. The number of piperidine rings is 1. The van der Waals surface area contributed by atoms with Gasteiger partial charge in [-0.2, -0.15) is 0 Å². The highest BCUT2D eigenvalue weighted by atomic mass is 16.6. The number of carbonyl (C=O) groups is 1. The molecule has 0 N–H and O–H groups in total. The Morgan fingerprint density at radius 3 is 2.56 bits per heavy atom. The highest BCUT2D eigenvalue weighted by Gasteiger charge is 2.21.